The summed E-state index contributed by atoms with van der Waals surface area (Å²) in [6.45, 7) is 11.6. The number of aromatic amines is 1. The highest BCUT2D eigenvalue weighted by molar-refractivity contribution is 14.1. The molecule has 4 unspecified atom stereocenters. The van der Waals surface area contributed by atoms with Gasteiger partial charge < -0.3 is 19.9 Å². The van der Waals surface area contributed by atoms with Gasteiger partial charge in [0, 0.05) is 10.5 Å². The van der Waals surface area contributed by atoms with Crippen molar-refractivity contribution in [2.24, 2.45) is 0 Å². The third-order valence-corrected chi connectivity index (χ3v) is 4.41. The molecule has 1 aromatic heterocycles. The van der Waals surface area contributed by atoms with Gasteiger partial charge in [0.05, 0.1) is 6.10 Å². The van der Waals surface area contributed by atoms with E-state index in [0.29, 0.717) is 4.43 Å². The first-order valence-corrected chi connectivity index (χ1v) is 10.0. The Morgan fingerprint density at radius 1 is 1.20 bits per heavy atom. The molecular weight excluding hydrogens is 441 g/mol. The summed E-state index contributed by atoms with van der Waals surface area (Å²) in [5, 5.41) is 0. The Morgan fingerprint density at radius 2 is 1.76 bits per heavy atom. The Morgan fingerprint density at radius 3 is 2.28 bits per heavy atom. The first-order chi connectivity index (χ1) is 11.8. The van der Waals surface area contributed by atoms with Crippen LogP contribution in [0.3, 0.4) is 0 Å². The maximum atomic E-state index is 12.0. The second kappa shape index (κ2) is 9.15. The molecule has 2 saturated heterocycles. The first kappa shape index (κ1) is 22.1. The Labute approximate surface area is 161 Å². The number of alkyl halides is 1. The highest BCUT2D eigenvalue weighted by Gasteiger charge is 2.55. The third-order valence-electron chi connectivity index (χ3n) is 3.54. The molecule has 0 aliphatic carbocycles. The predicted molar refractivity (Wildman–Crippen MR) is 105 cm³/mol. The lowest BCUT2D eigenvalue weighted by atomic mass is 10.1. The molecular formula is C16H28IN3O5. The summed E-state index contributed by atoms with van der Waals surface area (Å²) in [4.78, 5) is 25.5. The molecule has 3 heterocycles. The molecule has 144 valence electrons. The second-order valence-electron chi connectivity index (χ2n) is 5.52. The normalized spacial score (nSPS) is 29.1. The minimum Gasteiger partial charge on any atom is -0.385 e. The van der Waals surface area contributed by atoms with Gasteiger partial charge >= 0.3 is 5.69 Å². The third kappa shape index (κ3) is 4.63. The van der Waals surface area contributed by atoms with Gasteiger partial charge in [0.2, 0.25) is 0 Å². The van der Waals surface area contributed by atoms with Gasteiger partial charge in [-0.2, -0.15) is 0 Å². The van der Waals surface area contributed by atoms with Crippen molar-refractivity contribution in [3.8, 4) is 0 Å². The molecule has 2 aliphatic rings. The SMILES string of the molecule is CC.CC.CC1(C)OC2C(CI)OC(n3c(N)cc(=O)[nH]c3=O)C2O1. The van der Waals surface area contributed by atoms with E-state index in [2.05, 4.69) is 27.6 Å². The predicted octanol–water partition coefficient (Wildman–Crippen LogP) is 2.02. The van der Waals surface area contributed by atoms with E-state index in [1.165, 1.54) is 4.57 Å². The van der Waals surface area contributed by atoms with Crippen molar-refractivity contribution in [2.75, 3.05) is 10.2 Å². The van der Waals surface area contributed by atoms with Crippen molar-refractivity contribution in [1.82, 2.24) is 9.55 Å². The summed E-state index contributed by atoms with van der Waals surface area (Å²) in [6, 6.07) is 1.15. The van der Waals surface area contributed by atoms with Crippen LogP contribution in [0.5, 0.6) is 0 Å². The van der Waals surface area contributed by atoms with Gasteiger partial charge in [-0.25, -0.2) is 4.79 Å². The van der Waals surface area contributed by atoms with Gasteiger partial charge in [-0.1, -0.05) is 50.3 Å². The number of nitrogen functional groups attached to an aromatic ring is 1. The van der Waals surface area contributed by atoms with E-state index >= 15 is 0 Å². The maximum Gasteiger partial charge on any atom is 0.332 e. The van der Waals surface area contributed by atoms with Crippen LogP contribution in [-0.2, 0) is 14.2 Å². The lowest BCUT2D eigenvalue weighted by molar-refractivity contribution is -0.194. The van der Waals surface area contributed by atoms with Gasteiger partial charge in [-0.3, -0.25) is 14.3 Å². The van der Waals surface area contributed by atoms with Gasteiger partial charge in [0.1, 0.15) is 18.0 Å². The molecule has 9 heteroatoms. The van der Waals surface area contributed by atoms with Gasteiger partial charge in [-0.05, 0) is 13.8 Å². The average molecular weight is 469 g/mol. The molecule has 0 saturated carbocycles. The van der Waals surface area contributed by atoms with Crippen LogP contribution in [0.25, 0.3) is 0 Å². The van der Waals surface area contributed by atoms with Crippen molar-refractivity contribution in [1.29, 1.82) is 0 Å². The molecule has 0 spiro atoms. The fourth-order valence-corrected chi connectivity index (χ4v) is 3.49. The lowest BCUT2D eigenvalue weighted by Gasteiger charge is -2.25. The minimum absolute atomic E-state index is 0.0370. The molecule has 0 amide bonds. The highest BCUT2D eigenvalue weighted by atomic mass is 127. The molecule has 0 aromatic carbocycles. The Hall–Kier alpha value is -0.910. The number of halogens is 1. The molecule has 0 radical (unpaired) electrons. The Balaban J connectivity index is 0.000000730. The lowest BCUT2D eigenvalue weighted by Crippen LogP contribution is -2.39. The van der Waals surface area contributed by atoms with E-state index in [1.807, 2.05) is 41.5 Å². The number of H-pyrrole nitrogens is 1. The number of nitrogens with one attached hydrogen (secondary N) is 1. The number of rotatable bonds is 2. The highest BCUT2D eigenvalue weighted by Crippen LogP contribution is 2.43. The van der Waals surface area contributed by atoms with Gasteiger partial charge in [0.25, 0.3) is 5.56 Å². The zero-order valence-corrected chi connectivity index (χ0v) is 17.7. The molecule has 1 aromatic rings. The zero-order chi connectivity index (χ0) is 19.4. The fourth-order valence-electron chi connectivity index (χ4n) is 2.78. The van der Waals surface area contributed by atoms with E-state index in [9.17, 15) is 9.59 Å². The summed E-state index contributed by atoms with van der Waals surface area (Å²) >= 11 is 2.19. The van der Waals surface area contributed by atoms with E-state index in [0.717, 1.165) is 6.07 Å². The van der Waals surface area contributed by atoms with Crippen LogP contribution in [0.1, 0.15) is 47.8 Å². The molecule has 2 aliphatic heterocycles. The number of ether oxygens (including phenoxy) is 3. The fraction of sp³-hybridized carbons (Fsp3) is 0.750. The second-order valence-corrected chi connectivity index (χ2v) is 6.40. The molecule has 4 atom stereocenters. The monoisotopic (exact) mass is 469 g/mol. The van der Waals surface area contributed by atoms with Crippen LogP contribution in [0.4, 0.5) is 5.82 Å². The van der Waals surface area contributed by atoms with Crippen molar-refractivity contribution in [2.45, 2.75) is 71.9 Å². The number of nitrogens with zero attached hydrogens (tertiary/aromatic N) is 1. The van der Waals surface area contributed by atoms with Crippen molar-refractivity contribution in [3.05, 3.63) is 26.9 Å². The van der Waals surface area contributed by atoms with E-state index in [-0.39, 0.29) is 18.0 Å². The van der Waals surface area contributed by atoms with Crippen molar-refractivity contribution >= 4 is 28.4 Å². The molecule has 8 nitrogen and oxygen atoms in total. The van der Waals surface area contributed by atoms with Crippen molar-refractivity contribution < 1.29 is 14.2 Å². The summed E-state index contributed by atoms with van der Waals surface area (Å²) in [6.07, 6.45) is -1.66. The smallest absolute Gasteiger partial charge is 0.332 e. The topological polar surface area (TPSA) is 109 Å². The van der Waals surface area contributed by atoms with Crippen LogP contribution in [-0.4, -0.2) is 38.1 Å². The van der Waals surface area contributed by atoms with Crippen LogP contribution >= 0.6 is 22.6 Å². The van der Waals surface area contributed by atoms with Crippen LogP contribution in [0, 0.1) is 0 Å². The van der Waals surface area contributed by atoms with Crippen molar-refractivity contribution in [3.63, 3.8) is 0 Å². The first-order valence-electron chi connectivity index (χ1n) is 8.51. The van der Waals surface area contributed by atoms with Gasteiger partial charge in [-0.15, -0.1) is 0 Å². The van der Waals surface area contributed by atoms with Crippen LogP contribution in [0.2, 0.25) is 0 Å². The number of aromatic nitrogens is 2. The maximum absolute atomic E-state index is 12.0. The number of nitrogens with two attached hydrogens (primary N) is 1. The largest absolute Gasteiger partial charge is 0.385 e. The summed E-state index contributed by atoms with van der Waals surface area (Å²) in [7, 11) is 0. The molecule has 2 fully saturated rings. The van der Waals surface area contributed by atoms with E-state index in [1.54, 1.807) is 0 Å². The number of fused-ring (bicyclic) bond motifs is 1. The van der Waals surface area contributed by atoms with Crippen LogP contribution in [0.15, 0.2) is 15.7 Å². The summed E-state index contributed by atoms with van der Waals surface area (Å²) < 4.78 is 19.5. The Kier molecular flexibility index (Phi) is 8.10. The van der Waals surface area contributed by atoms with Gasteiger partial charge in [0.15, 0.2) is 12.0 Å². The molecule has 25 heavy (non-hydrogen) atoms. The standard InChI is InChI=1S/C12H16IN3O5.2C2H6/c1-12(2)20-8-5(4-13)19-10(9(8)21-12)16-6(14)3-7(17)15-11(16)18;2*1-2/h3,5,8-10H,4,14H2,1-2H3,(H,15,17,18);2*1-2H3. The molecule has 0 bridgehead atoms. The number of anilines is 1. The van der Waals surface area contributed by atoms with Crippen LogP contribution < -0.4 is 17.0 Å². The summed E-state index contributed by atoms with van der Waals surface area (Å²) in [5.74, 6) is -0.711. The molecule has 3 rings (SSSR count). The molecule has 3 N–H and O–H groups in total. The van der Waals surface area contributed by atoms with E-state index in [4.69, 9.17) is 19.9 Å². The summed E-state index contributed by atoms with van der Waals surface area (Å²) in [5.41, 5.74) is 4.64. The zero-order valence-electron chi connectivity index (χ0n) is 15.5. The minimum atomic E-state index is -0.748. The quantitative estimate of drug-likeness (QED) is 0.507. The number of hydrogen-bond acceptors (Lipinski definition) is 6. The average Bonchev–Trinajstić information content (AvgIpc) is 3.04. The van der Waals surface area contributed by atoms with E-state index < -0.39 is 29.4 Å². The number of hydrogen-bond donors (Lipinski definition) is 2. The Bertz CT molecular complexity index is 672.